The molecule has 2 heteroatoms. The number of hydrogen-bond donors (Lipinski definition) is 0. The number of fused-ring (bicyclic) bond motifs is 1. The molecular formula is C32H36ClN. The van der Waals surface area contributed by atoms with Gasteiger partial charge in [-0.2, -0.15) is 0 Å². The van der Waals surface area contributed by atoms with E-state index in [2.05, 4.69) is 126 Å². The topological polar surface area (TPSA) is 3.24 Å². The smallest absolute Gasteiger partial charge is 0.0470 e. The van der Waals surface area contributed by atoms with Crippen LogP contribution in [0, 0.1) is 6.92 Å². The van der Waals surface area contributed by atoms with Gasteiger partial charge in [0.05, 0.1) is 0 Å². The monoisotopic (exact) mass is 469 g/mol. The minimum absolute atomic E-state index is 0.0289. The molecule has 1 aliphatic heterocycles. The number of nitrogens with zero attached hydrogens (tertiary/aromatic N) is 1. The van der Waals surface area contributed by atoms with Crippen molar-refractivity contribution in [3.63, 3.8) is 0 Å². The van der Waals surface area contributed by atoms with Crippen LogP contribution in [-0.2, 0) is 10.8 Å². The highest BCUT2D eigenvalue weighted by Gasteiger charge is 2.37. The van der Waals surface area contributed by atoms with Crippen molar-refractivity contribution in [3.8, 4) is 0 Å². The summed E-state index contributed by atoms with van der Waals surface area (Å²) >= 11 is 6.85. The van der Waals surface area contributed by atoms with Gasteiger partial charge in [0.15, 0.2) is 0 Å². The zero-order valence-electron chi connectivity index (χ0n) is 21.4. The lowest BCUT2D eigenvalue weighted by atomic mass is 9.76. The van der Waals surface area contributed by atoms with Crippen molar-refractivity contribution in [2.45, 2.75) is 58.3 Å². The molecule has 0 atom stereocenters. The zero-order chi connectivity index (χ0) is 24.7. The van der Waals surface area contributed by atoms with Gasteiger partial charge >= 0.3 is 0 Å². The van der Waals surface area contributed by atoms with Crippen molar-refractivity contribution in [1.82, 2.24) is 0 Å². The largest absolute Gasteiger partial charge is 0.347 e. The van der Waals surface area contributed by atoms with Crippen LogP contribution in [0.3, 0.4) is 0 Å². The Labute approximate surface area is 210 Å². The summed E-state index contributed by atoms with van der Waals surface area (Å²) in [7, 11) is 2.15. The second-order valence-electron chi connectivity index (χ2n) is 10.6. The Morgan fingerprint density at radius 1 is 1.03 bits per heavy atom. The Balaban J connectivity index is 1.56. The van der Waals surface area contributed by atoms with Gasteiger partial charge in [-0.15, -0.1) is 0 Å². The normalized spacial score (nSPS) is 20.1. The molecule has 0 saturated heterocycles. The first-order valence-electron chi connectivity index (χ1n) is 12.1. The summed E-state index contributed by atoms with van der Waals surface area (Å²) in [6, 6.07) is 17.2. The minimum Gasteiger partial charge on any atom is -0.347 e. The molecule has 0 bridgehead atoms. The summed E-state index contributed by atoms with van der Waals surface area (Å²) < 4.78 is 0. The number of para-hydroxylation sites is 1. The van der Waals surface area contributed by atoms with Crippen LogP contribution in [0.25, 0.3) is 0 Å². The Kier molecular flexibility index (Phi) is 6.53. The van der Waals surface area contributed by atoms with E-state index in [1.54, 1.807) is 0 Å². The first kappa shape index (κ1) is 24.4. The van der Waals surface area contributed by atoms with Crippen LogP contribution in [0.2, 0.25) is 0 Å². The maximum Gasteiger partial charge on any atom is 0.0470 e. The quantitative estimate of drug-likeness (QED) is 0.395. The lowest BCUT2D eigenvalue weighted by Crippen LogP contribution is -2.22. The van der Waals surface area contributed by atoms with E-state index in [9.17, 15) is 0 Å². The molecule has 1 aliphatic carbocycles. The summed E-state index contributed by atoms with van der Waals surface area (Å²) in [6.45, 7) is 15.6. The van der Waals surface area contributed by atoms with Gasteiger partial charge in [0, 0.05) is 34.3 Å². The van der Waals surface area contributed by atoms with Crippen LogP contribution in [0.1, 0.15) is 57.2 Å². The van der Waals surface area contributed by atoms with Crippen molar-refractivity contribution >= 4 is 17.3 Å². The van der Waals surface area contributed by atoms with Crippen LogP contribution < -0.4 is 4.90 Å². The third kappa shape index (κ3) is 4.23. The Morgan fingerprint density at radius 3 is 2.41 bits per heavy atom. The highest BCUT2D eigenvalue weighted by molar-refractivity contribution is 6.33. The van der Waals surface area contributed by atoms with E-state index in [4.69, 9.17) is 11.6 Å². The number of allylic oxidation sites excluding steroid dienone is 9. The molecule has 0 N–H and O–H groups in total. The summed E-state index contributed by atoms with van der Waals surface area (Å²) in [6.07, 6.45) is 10.7. The van der Waals surface area contributed by atoms with Gasteiger partial charge in [-0.1, -0.05) is 107 Å². The average Bonchev–Trinajstić information content (AvgIpc) is 3.25. The fraction of sp³-hybridized carbons (Fsp3) is 0.312. The average molecular weight is 470 g/mol. The van der Waals surface area contributed by atoms with Crippen LogP contribution >= 0.6 is 11.6 Å². The molecule has 0 radical (unpaired) electrons. The van der Waals surface area contributed by atoms with Crippen LogP contribution in [-0.4, -0.2) is 7.05 Å². The van der Waals surface area contributed by atoms with Crippen molar-refractivity contribution in [2.75, 3.05) is 11.9 Å². The van der Waals surface area contributed by atoms with Crippen LogP contribution in [0.5, 0.6) is 0 Å². The molecule has 1 nitrogen and oxygen atoms in total. The number of benzene rings is 2. The van der Waals surface area contributed by atoms with Crippen molar-refractivity contribution < 1.29 is 0 Å². The van der Waals surface area contributed by atoms with E-state index in [1.165, 1.54) is 39.2 Å². The van der Waals surface area contributed by atoms with Crippen molar-refractivity contribution in [1.29, 1.82) is 0 Å². The minimum atomic E-state index is -0.135. The third-order valence-corrected chi connectivity index (χ3v) is 8.20. The maximum absolute atomic E-state index is 6.85. The standard InChI is InChI=1S/C32H36ClN/c1-22-12-8-9-13-26(22)31(3,4)23(2)16-17-24-18-19-25(30(24)33)20-21-29-32(5,6)27-14-10-11-15-28(27)34(29)7/h8-17,20-21H,2,18-19H2,1,3-7H3/b17-16+,25-20+,29-21+. The maximum atomic E-state index is 6.85. The molecule has 2 aliphatic rings. The van der Waals surface area contributed by atoms with E-state index < -0.39 is 0 Å². The fourth-order valence-corrected chi connectivity index (χ4v) is 5.66. The SMILES string of the molecule is C=C(/C=C/C1=C(Cl)C(=C/C=C2/N(C)c3ccccc3C2(C)C)/CC1)C(C)(C)c1ccccc1C. The van der Waals surface area contributed by atoms with Crippen LogP contribution in [0.4, 0.5) is 5.69 Å². The van der Waals surface area contributed by atoms with Gasteiger partial charge in [-0.05, 0) is 65.3 Å². The molecule has 4 rings (SSSR count). The number of aryl methyl sites for hydroxylation is 1. The molecule has 0 fully saturated rings. The van der Waals surface area contributed by atoms with Crippen molar-refractivity contribution in [2.24, 2.45) is 0 Å². The molecule has 176 valence electrons. The zero-order valence-corrected chi connectivity index (χ0v) is 22.1. The van der Waals surface area contributed by atoms with Gasteiger partial charge in [0.1, 0.15) is 0 Å². The van der Waals surface area contributed by atoms with Crippen LogP contribution in [0.15, 0.2) is 107 Å². The van der Waals surface area contributed by atoms with E-state index in [0.717, 1.165) is 23.4 Å². The highest BCUT2D eigenvalue weighted by atomic mass is 35.5. The Hall–Kier alpha value is -2.77. The van der Waals surface area contributed by atoms with Gasteiger partial charge in [0.2, 0.25) is 0 Å². The molecule has 34 heavy (non-hydrogen) atoms. The predicted octanol–water partition coefficient (Wildman–Crippen LogP) is 8.91. The van der Waals surface area contributed by atoms with Gasteiger partial charge in [-0.25, -0.2) is 0 Å². The Morgan fingerprint density at radius 2 is 1.71 bits per heavy atom. The lowest BCUT2D eigenvalue weighted by Gasteiger charge is -2.28. The van der Waals surface area contributed by atoms with Gasteiger partial charge < -0.3 is 4.90 Å². The summed E-state index contributed by atoms with van der Waals surface area (Å²) in [5.74, 6) is 0. The number of halogens is 1. The molecule has 0 spiro atoms. The first-order chi connectivity index (χ1) is 16.0. The second kappa shape index (κ2) is 9.12. The summed E-state index contributed by atoms with van der Waals surface area (Å²) in [5, 5.41) is 0.880. The molecule has 0 saturated carbocycles. The molecule has 0 aromatic heterocycles. The molecule has 0 amide bonds. The summed E-state index contributed by atoms with van der Waals surface area (Å²) in [4.78, 5) is 2.30. The van der Waals surface area contributed by atoms with Gasteiger partial charge in [0.25, 0.3) is 0 Å². The van der Waals surface area contributed by atoms with E-state index in [0.29, 0.717) is 0 Å². The molecule has 2 aromatic carbocycles. The fourth-order valence-electron chi connectivity index (χ4n) is 5.35. The molecule has 0 unspecified atom stereocenters. The van der Waals surface area contributed by atoms with E-state index in [1.807, 2.05) is 0 Å². The van der Waals surface area contributed by atoms with E-state index in [-0.39, 0.29) is 10.8 Å². The van der Waals surface area contributed by atoms with Gasteiger partial charge in [-0.3, -0.25) is 0 Å². The number of hydrogen-bond acceptors (Lipinski definition) is 1. The summed E-state index contributed by atoms with van der Waals surface area (Å²) in [5.41, 5.74) is 9.87. The Bertz CT molecular complexity index is 1250. The highest BCUT2D eigenvalue weighted by Crippen LogP contribution is 2.47. The number of likely N-dealkylation sites (N-methyl/N-ethyl adjacent to an activating group) is 1. The molecular weight excluding hydrogens is 434 g/mol. The number of rotatable bonds is 5. The first-order valence-corrected chi connectivity index (χ1v) is 12.5. The molecule has 1 heterocycles. The van der Waals surface area contributed by atoms with Crippen molar-refractivity contribution in [3.05, 3.63) is 124 Å². The predicted molar refractivity (Wildman–Crippen MR) is 149 cm³/mol. The molecule has 2 aromatic rings. The van der Waals surface area contributed by atoms with E-state index >= 15 is 0 Å². The lowest BCUT2D eigenvalue weighted by molar-refractivity contribution is 0.636. The third-order valence-electron chi connectivity index (χ3n) is 7.72. The second-order valence-corrected chi connectivity index (χ2v) is 11.0. The number of anilines is 1.